The monoisotopic (exact) mass is 422 g/mol. The van der Waals surface area contributed by atoms with Gasteiger partial charge in [-0.15, -0.1) is 0 Å². The Morgan fingerprint density at radius 3 is 2.35 bits per heavy atom. The summed E-state index contributed by atoms with van der Waals surface area (Å²) in [6.45, 7) is 4.32. The molecule has 0 atom stereocenters. The summed E-state index contributed by atoms with van der Waals surface area (Å²) in [5.74, 6) is -0.318. The highest BCUT2D eigenvalue weighted by atomic mass is 16.2. The Bertz CT molecular complexity index is 905. The number of hydrogen-bond acceptors (Lipinski definition) is 4. The number of anilines is 2. The summed E-state index contributed by atoms with van der Waals surface area (Å²) < 4.78 is 0. The van der Waals surface area contributed by atoms with Gasteiger partial charge in [-0.05, 0) is 68.1 Å². The van der Waals surface area contributed by atoms with Crippen LogP contribution < -0.4 is 16.0 Å². The van der Waals surface area contributed by atoms with Crippen LogP contribution in [-0.4, -0.2) is 48.8 Å². The molecular formula is C24H30N4O3. The van der Waals surface area contributed by atoms with Gasteiger partial charge < -0.3 is 20.9 Å². The lowest BCUT2D eigenvalue weighted by Crippen LogP contribution is -2.35. The molecular weight excluding hydrogens is 392 g/mol. The van der Waals surface area contributed by atoms with E-state index in [2.05, 4.69) is 16.0 Å². The quantitative estimate of drug-likeness (QED) is 0.607. The summed E-state index contributed by atoms with van der Waals surface area (Å²) in [5.41, 5.74) is 2.50. The first-order valence-electron chi connectivity index (χ1n) is 10.9. The van der Waals surface area contributed by atoms with Crippen LogP contribution in [0.15, 0.2) is 48.5 Å². The van der Waals surface area contributed by atoms with Crippen LogP contribution >= 0.6 is 0 Å². The molecule has 0 spiro atoms. The molecule has 0 saturated carbocycles. The molecule has 1 saturated heterocycles. The second-order valence-corrected chi connectivity index (χ2v) is 7.67. The Hall–Kier alpha value is -3.35. The van der Waals surface area contributed by atoms with Gasteiger partial charge in [0.2, 0.25) is 5.91 Å². The number of carbonyl (C=O) groups excluding carboxylic acids is 3. The highest BCUT2D eigenvalue weighted by Gasteiger charge is 2.17. The minimum atomic E-state index is -0.223. The van der Waals surface area contributed by atoms with Crippen LogP contribution in [0.3, 0.4) is 0 Å². The van der Waals surface area contributed by atoms with E-state index in [4.69, 9.17) is 0 Å². The third-order valence-electron chi connectivity index (χ3n) is 5.17. The van der Waals surface area contributed by atoms with Gasteiger partial charge in [-0.2, -0.15) is 0 Å². The first-order chi connectivity index (χ1) is 15.1. The largest absolute Gasteiger partial charge is 0.376 e. The number of carbonyl (C=O) groups is 3. The van der Waals surface area contributed by atoms with Crippen molar-refractivity contribution < 1.29 is 14.4 Å². The Balaban J connectivity index is 1.49. The molecule has 0 bridgehead atoms. The van der Waals surface area contributed by atoms with Gasteiger partial charge in [0.05, 0.1) is 6.54 Å². The highest BCUT2D eigenvalue weighted by Crippen LogP contribution is 2.16. The van der Waals surface area contributed by atoms with Crippen molar-refractivity contribution >= 4 is 29.1 Å². The van der Waals surface area contributed by atoms with Crippen molar-refractivity contribution in [3.05, 3.63) is 59.7 Å². The van der Waals surface area contributed by atoms with Gasteiger partial charge in [0.1, 0.15) is 0 Å². The van der Waals surface area contributed by atoms with Gasteiger partial charge in [0, 0.05) is 42.1 Å². The summed E-state index contributed by atoms with van der Waals surface area (Å²) >= 11 is 0. The first-order valence-corrected chi connectivity index (χ1v) is 10.9. The maximum absolute atomic E-state index is 12.5. The minimum absolute atomic E-state index is 0.0619. The van der Waals surface area contributed by atoms with Crippen LogP contribution in [-0.2, 0) is 4.79 Å². The lowest BCUT2D eigenvalue weighted by atomic mass is 10.1. The Labute approximate surface area is 183 Å². The highest BCUT2D eigenvalue weighted by molar-refractivity contribution is 5.98. The topological polar surface area (TPSA) is 90.5 Å². The second-order valence-electron chi connectivity index (χ2n) is 7.67. The molecule has 3 N–H and O–H groups in total. The fourth-order valence-electron chi connectivity index (χ4n) is 3.48. The van der Waals surface area contributed by atoms with Crippen molar-refractivity contribution in [3.63, 3.8) is 0 Å². The van der Waals surface area contributed by atoms with Gasteiger partial charge in [0.25, 0.3) is 11.8 Å². The van der Waals surface area contributed by atoms with Crippen molar-refractivity contribution in [2.75, 3.05) is 36.8 Å². The zero-order valence-corrected chi connectivity index (χ0v) is 17.9. The van der Waals surface area contributed by atoms with E-state index in [1.807, 2.05) is 24.0 Å². The number of nitrogens with one attached hydrogen (secondary N) is 3. The summed E-state index contributed by atoms with van der Waals surface area (Å²) in [7, 11) is 0. The molecule has 7 nitrogen and oxygen atoms in total. The van der Waals surface area contributed by atoms with Gasteiger partial charge in [-0.3, -0.25) is 14.4 Å². The normalized spacial score (nSPS) is 13.4. The van der Waals surface area contributed by atoms with E-state index in [0.717, 1.165) is 38.0 Å². The molecule has 2 aromatic rings. The van der Waals surface area contributed by atoms with Crippen molar-refractivity contribution in [1.29, 1.82) is 0 Å². The van der Waals surface area contributed by atoms with Crippen LogP contribution in [0.5, 0.6) is 0 Å². The number of piperidine rings is 1. The fourth-order valence-corrected chi connectivity index (χ4v) is 3.48. The zero-order valence-electron chi connectivity index (χ0n) is 17.9. The lowest BCUT2D eigenvalue weighted by Gasteiger charge is -2.26. The van der Waals surface area contributed by atoms with E-state index in [9.17, 15) is 14.4 Å². The SMILES string of the molecule is CCCNC(=O)c1cccc(NC(=O)CNc2ccc(C(=O)N3CCCCC3)cc2)c1. The molecule has 1 aliphatic rings. The molecule has 0 aliphatic carbocycles. The average molecular weight is 423 g/mol. The molecule has 164 valence electrons. The van der Waals surface area contributed by atoms with Crippen molar-refractivity contribution in [3.8, 4) is 0 Å². The van der Waals surface area contributed by atoms with Crippen LogP contribution in [0, 0.1) is 0 Å². The van der Waals surface area contributed by atoms with Gasteiger partial charge in [-0.1, -0.05) is 13.0 Å². The maximum Gasteiger partial charge on any atom is 0.253 e. The second kappa shape index (κ2) is 11.2. The summed E-state index contributed by atoms with van der Waals surface area (Å²) in [4.78, 5) is 38.8. The molecule has 1 heterocycles. The summed E-state index contributed by atoms with van der Waals surface area (Å²) in [5, 5.41) is 8.67. The van der Waals surface area contributed by atoms with E-state index < -0.39 is 0 Å². The van der Waals surface area contributed by atoms with E-state index in [0.29, 0.717) is 23.4 Å². The molecule has 1 aliphatic heterocycles. The van der Waals surface area contributed by atoms with Crippen LogP contribution in [0.4, 0.5) is 11.4 Å². The lowest BCUT2D eigenvalue weighted by molar-refractivity contribution is -0.114. The predicted molar refractivity (Wildman–Crippen MR) is 122 cm³/mol. The molecule has 0 radical (unpaired) electrons. The molecule has 2 aromatic carbocycles. The Kier molecular flexibility index (Phi) is 8.04. The fraction of sp³-hybridized carbons (Fsp3) is 0.375. The third kappa shape index (κ3) is 6.57. The van der Waals surface area contributed by atoms with E-state index >= 15 is 0 Å². The smallest absolute Gasteiger partial charge is 0.253 e. The maximum atomic E-state index is 12.5. The molecule has 7 heteroatoms. The number of rotatable bonds is 8. The molecule has 0 unspecified atom stereocenters. The number of hydrogen-bond donors (Lipinski definition) is 3. The third-order valence-corrected chi connectivity index (χ3v) is 5.17. The molecule has 3 rings (SSSR count). The Morgan fingerprint density at radius 2 is 1.65 bits per heavy atom. The van der Waals surface area contributed by atoms with Crippen LogP contribution in [0.2, 0.25) is 0 Å². The van der Waals surface area contributed by atoms with Crippen molar-refractivity contribution in [1.82, 2.24) is 10.2 Å². The van der Waals surface area contributed by atoms with Crippen molar-refractivity contribution in [2.45, 2.75) is 32.6 Å². The van der Waals surface area contributed by atoms with Gasteiger partial charge >= 0.3 is 0 Å². The number of amides is 3. The standard InChI is InChI=1S/C24H30N4O3/c1-2-13-25-23(30)19-7-6-8-21(16-19)27-22(29)17-26-20-11-9-18(10-12-20)24(31)28-14-4-3-5-15-28/h6-12,16,26H,2-5,13-15,17H2,1H3,(H,25,30)(H,27,29). The zero-order chi connectivity index (χ0) is 22.1. The average Bonchev–Trinajstić information content (AvgIpc) is 2.82. The number of benzene rings is 2. The van der Waals surface area contributed by atoms with E-state index in [1.54, 1.807) is 36.4 Å². The van der Waals surface area contributed by atoms with E-state index in [-0.39, 0.29) is 24.3 Å². The van der Waals surface area contributed by atoms with Crippen LogP contribution in [0.25, 0.3) is 0 Å². The van der Waals surface area contributed by atoms with Crippen molar-refractivity contribution in [2.24, 2.45) is 0 Å². The van der Waals surface area contributed by atoms with Crippen LogP contribution in [0.1, 0.15) is 53.3 Å². The van der Waals surface area contributed by atoms with Gasteiger partial charge in [0.15, 0.2) is 0 Å². The molecule has 3 amide bonds. The van der Waals surface area contributed by atoms with Gasteiger partial charge in [-0.25, -0.2) is 0 Å². The summed E-state index contributed by atoms with van der Waals surface area (Å²) in [6.07, 6.45) is 4.17. The minimum Gasteiger partial charge on any atom is -0.376 e. The summed E-state index contributed by atoms with van der Waals surface area (Å²) in [6, 6.07) is 14.0. The molecule has 0 aromatic heterocycles. The number of likely N-dealkylation sites (tertiary alicyclic amines) is 1. The number of nitrogens with zero attached hydrogens (tertiary/aromatic N) is 1. The first kappa shape index (κ1) is 22.3. The predicted octanol–water partition coefficient (Wildman–Crippen LogP) is 3.50. The van der Waals surface area contributed by atoms with E-state index in [1.165, 1.54) is 6.42 Å². The Morgan fingerprint density at radius 1 is 0.903 bits per heavy atom. The molecule has 31 heavy (non-hydrogen) atoms. The molecule has 1 fully saturated rings.